The summed E-state index contributed by atoms with van der Waals surface area (Å²) in [5, 5.41) is 121. The van der Waals surface area contributed by atoms with E-state index in [1.165, 1.54) is 51.4 Å². The van der Waals surface area contributed by atoms with Crippen LogP contribution in [0.5, 0.6) is 0 Å². The van der Waals surface area contributed by atoms with Gasteiger partial charge < -0.3 is 89.9 Å². The number of unbranched alkanes of at least 4 members (excludes halogenated alkanes) is 13. The minimum Gasteiger partial charge on any atom is -0.394 e. The molecule has 3 heterocycles. The molecular weight excluding hydrogens is 1270 g/mol. The number of nitrogens with one attached hydrogen (secondary N) is 1. The van der Waals surface area contributed by atoms with Gasteiger partial charge in [-0.2, -0.15) is 0 Å². The summed E-state index contributed by atoms with van der Waals surface area (Å²) in [7, 11) is 0. The zero-order valence-corrected chi connectivity index (χ0v) is 60.1. The molecule has 3 rings (SSSR count). The van der Waals surface area contributed by atoms with Crippen molar-refractivity contribution in [1.82, 2.24) is 5.32 Å². The van der Waals surface area contributed by atoms with Gasteiger partial charge in [-0.05, 0) is 128 Å². The summed E-state index contributed by atoms with van der Waals surface area (Å²) in [4.78, 5) is 13.4. The first-order chi connectivity index (χ1) is 48.8. The second kappa shape index (κ2) is 59.5. The number of allylic oxidation sites excluding steroid dienone is 27. The van der Waals surface area contributed by atoms with Crippen molar-refractivity contribution >= 4 is 5.91 Å². The fourth-order valence-electron chi connectivity index (χ4n) is 11.2. The van der Waals surface area contributed by atoms with E-state index in [2.05, 4.69) is 177 Å². The lowest BCUT2D eigenvalue weighted by atomic mass is 9.96. The van der Waals surface area contributed by atoms with E-state index in [9.17, 15) is 61.0 Å². The highest BCUT2D eigenvalue weighted by Gasteiger charge is 2.53. The number of amides is 1. The molecule has 12 N–H and O–H groups in total. The van der Waals surface area contributed by atoms with Crippen molar-refractivity contribution in [3.8, 4) is 0 Å². The Kier molecular flexibility index (Phi) is 53.2. The summed E-state index contributed by atoms with van der Waals surface area (Å²) in [5.41, 5.74) is 0. The van der Waals surface area contributed by atoms with E-state index in [1.54, 1.807) is 6.08 Å². The van der Waals surface area contributed by atoms with Gasteiger partial charge >= 0.3 is 0 Å². The van der Waals surface area contributed by atoms with Crippen molar-refractivity contribution in [1.29, 1.82) is 0 Å². The van der Waals surface area contributed by atoms with Gasteiger partial charge in [0, 0.05) is 6.42 Å². The third-order valence-corrected chi connectivity index (χ3v) is 17.2. The molecule has 19 heteroatoms. The molecule has 17 unspecified atom stereocenters. The maximum atomic E-state index is 13.4. The van der Waals surface area contributed by atoms with E-state index in [1.807, 2.05) is 6.08 Å². The Hall–Kier alpha value is -4.85. The maximum absolute atomic E-state index is 13.4. The molecule has 566 valence electrons. The van der Waals surface area contributed by atoms with Gasteiger partial charge in [0.05, 0.1) is 38.6 Å². The van der Waals surface area contributed by atoms with Crippen LogP contribution in [0.15, 0.2) is 170 Å². The van der Waals surface area contributed by atoms with Crippen molar-refractivity contribution < 1.29 is 89.4 Å². The zero-order valence-electron chi connectivity index (χ0n) is 60.1. The van der Waals surface area contributed by atoms with E-state index >= 15 is 0 Å². The van der Waals surface area contributed by atoms with Crippen LogP contribution in [0.1, 0.15) is 200 Å². The number of aliphatic hydroxyl groups excluding tert-OH is 11. The second-order valence-electron chi connectivity index (χ2n) is 25.6. The average molecular weight is 1400 g/mol. The number of aliphatic hydroxyl groups is 11. The molecule has 0 saturated carbocycles. The summed E-state index contributed by atoms with van der Waals surface area (Å²) >= 11 is 0. The highest BCUT2D eigenvalue weighted by atomic mass is 16.8. The Morgan fingerprint density at radius 1 is 0.370 bits per heavy atom. The van der Waals surface area contributed by atoms with Crippen LogP contribution in [-0.4, -0.2) is 193 Å². The number of rotatable bonds is 55. The lowest BCUT2D eigenvalue weighted by molar-refractivity contribution is -0.379. The predicted molar refractivity (Wildman–Crippen MR) is 396 cm³/mol. The van der Waals surface area contributed by atoms with Crippen LogP contribution in [0, 0.1) is 0 Å². The van der Waals surface area contributed by atoms with Gasteiger partial charge in [-0.15, -0.1) is 0 Å². The minimum atomic E-state index is -2.00. The molecule has 3 fully saturated rings. The molecule has 0 radical (unpaired) electrons. The van der Waals surface area contributed by atoms with Crippen LogP contribution in [0.4, 0.5) is 0 Å². The van der Waals surface area contributed by atoms with Gasteiger partial charge in [-0.3, -0.25) is 4.79 Å². The van der Waals surface area contributed by atoms with Gasteiger partial charge in [-0.25, -0.2) is 0 Å². The van der Waals surface area contributed by atoms with E-state index < -0.39 is 131 Å². The van der Waals surface area contributed by atoms with Gasteiger partial charge in [0.15, 0.2) is 18.9 Å². The van der Waals surface area contributed by atoms with Crippen LogP contribution < -0.4 is 5.32 Å². The first-order valence-electron chi connectivity index (χ1n) is 37.4. The highest BCUT2D eigenvalue weighted by Crippen LogP contribution is 2.33. The number of ether oxygens (including phenoxy) is 6. The maximum Gasteiger partial charge on any atom is 0.220 e. The van der Waals surface area contributed by atoms with Crippen molar-refractivity contribution in [3.63, 3.8) is 0 Å². The second-order valence-corrected chi connectivity index (χ2v) is 25.6. The number of hydrogen-bond donors (Lipinski definition) is 12. The normalized spacial score (nSPS) is 27.5. The summed E-state index contributed by atoms with van der Waals surface area (Å²) < 4.78 is 34.3. The zero-order chi connectivity index (χ0) is 72.5. The SMILES string of the molecule is CC/C=C\C/C=C\C/C=C\C/C=C\C/C=C\C/C=C\C/C=C\C/C=C\C/C=C\C/C=C\C/C=C\CCCCCC(=O)NC(COC1OC(CO)C(OC2OC(CO)C(OC3OC(CO)C(O)C(O)C3O)C(O)C2O)C(O)C1O)C(O)/C=C/CC/C=C/CC/C=C/CCCCCCCCCC. The summed E-state index contributed by atoms with van der Waals surface area (Å²) in [5.74, 6) is -0.329. The fraction of sp³-hybridized carbons (Fsp3) is 0.642. The number of carbonyl (C=O) groups excluding carboxylic acids is 1. The number of carbonyl (C=O) groups is 1. The lowest BCUT2D eigenvalue weighted by Gasteiger charge is -2.48. The molecule has 0 aliphatic carbocycles. The van der Waals surface area contributed by atoms with Crippen molar-refractivity contribution in [2.75, 3.05) is 26.4 Å². The van der Waals surface area contributed by atoms with E-state index in [4.69, 9.17) is 28.4 Å². The van der Waals surface area contributed by atoms with Crippen LogP contribution in [0.25, 0.3) is 0 Å². The number of hydrogen-bond acceptors (Lipinski definition) is 18. The Morgan fingerprint density at radius 2 is 0.700 bits per heavy atom. The van der Waals surface area contributed by atoms with Crippen LogP contribution in [0.3, 0.4) is 0 Å². The Labute approximate surface area is 598 Å². The first-order valence-corrected chi connectivity index (χ1v) is 37.4. The summed E-state index contributed by atoms with van der Waals surface area (Å²) in [6.07, 6.45) is 61.9. The third kappa shape index (κ3) is 39.7. The highest BCUT2D eigenvalue weighted by molar-refractivity contribution is 5.76. The smallest absolute Gasteiger partial charge is 0.220 e. The van der Waals surface area contributed by atoms with Gasteiger partial charge in [0.1, 0.15) is 73.2 Å². The molecule has 0 aromatic rings. The predicted octanol–water partition coefficient (Wildman–Crippen LogP) is 11.4. The third-order valence-electron chi connectivity index (χ3n) is 17.2. The van der Waals surface area contributed by atoms with Crippen molar-refractivity contribution in [2.45, 2.75) is 304 Å². The molecule has 3 saturated heterocycles. The molecule has 3 aliphatic rings. The van der Waals surface area contributed by atoms with E-state index in [-0.39, 0.29) is 12.3 Å². The molecule has 100 heavy (non-hydrogen) atoms. The monoisotopic (exact) mass is 1400 g/mol. The van der Waals surface area contributed by atoms with Crippen molar-refractivity contribution in [3.05, 3.63) is 170 Å². The molecule has 19 nitrogen and oxygen atoms in total. The molecule has 0 spiro atoms. The van der Waals surface area contributed by atoms with Crippen molar-refractivity contribution in [2.24, 2.45) is 0 Å². The van der Waals surface area contributed by atoms with E-state index in [0.717, 1.165) is 116 Å². The first kappa shape index (κ1) is 89.4. The summed E-state index contributed by atoms with van der Waals surface area (Å²) in [6, 6.07) is -1.03. The Morgan fingerprint density at radius 3 is 1.12 bits per heavy atom. The fourth-order valence-corrected chi connectivity index (χ4v) is 11.2. The van der Waals surface area contributed by atoms with Crippen LogP contribution in [0.2, 0.25) is 0 Å². The molecule has 0 bridgehead atoms. The summed E-state index contributed by atoms with van der Waals surface area (Å²) in [6.45, 7) is 1.53. The molecular formula is C81H129NO18. The topological polar surface area (TPSA) is 307 Å². The van der Waals surface area contributed by atoms with Gasteiger partial charge in [-0.1, -0.05) is 235 Å². The molecule has 0 aromatic carbocycles. The lowest BCUT2D eigenvalue weighted by Crippen LogP contribution is -2.66. The Balaban J connectivity index is 1.41. The Bertz CT molecular complexity index is 2480. The van der Waals surface area contributed by atoms with Crippen LogP contribution in [-0.2, 0) is 33.2 Å². The molecule has 1 amide bonds. The molecule has 3 aliphatic heterocycles. The largest absolute Gasteiger partial charge is 0.394 e. The molecule has 0 aromatic heterocycles. The quantitative estimate of drug-likeness (QED) is 0.0199. The standard InChI is InChI=1S/C81H129NO18/c1-3-5-7-9-11-13-15-17-19-21-23-24-25-26-27-28-29-30-31-32-33-34-35-36-37-38-39-40-41-43-45-47-49-51-53-55-57-59-69(87)82-64(65(86)58-56-54-52-50-48-46-44-42-22-20-18-16-14-12-10-8-6-4-2)63-95-79-75(93)72(90)77(67(61-84)97-79)100-81-76(94)73(91)78(68(62-85)98-81)99-80-74(92)71(89)70(88)66(60-83)96-80/h5,7,11,13,17,19,22-24,26-27,29-30,32-33,35-36,38-39,41-43,47-50,56,58,64-68,70-81,83-86,88-94H,3-4,6,8-10,12,14-16,18,20-21,25,28,31,34,37,40,44-46,51-55,57,59-63H2,1-2H3,(H,82,87)/b7-5-,13-11-,19-17-,24-23-,27-26-,30-29-,33-32-,36-35-,39-38-,42-22+,43-41-,49-47-,50-48+,58-56+. The van der Waals surface area contributed by atoms with E-state index in [0.29, 0.717) is 12.8 Å². The molecule has 17 atom stereocenters. The van der Waals surface area contributed by atoms with Gasteiger partial charge in [0.25, 0.3) is 0 Å². The van der Waals surface area contributed by atoms with Crippen LogP contribution >= 0.6 is 0 Å². The minimum absolute atomic E-state index is 0.180. The van der Waals surface area contributed by atoms with Gasteiger partial charge in [0.2, 0.25) is 5.91 Å². The average Bonchev–Trinajstić information content (AvgIpc) is 0.783.